The number of esters is 1. The van der Waals surface area contributed by atoms with Crippen LogP contribution in [0, 0.1) is 0 Å². The molecule has 1 saturated carbocycles. The molecule has 0 heterocycles. The molecule has 1 aliphatic rings. The van der Waals surface area contributed by atoms with E-state index in [1.165, 1.54) is 34.0 Å². The van der Waals surface area contributed by atoms with Crippen molar-refractivity contribution in [3.05, 3.63) is 90.0 Å². The minimum Gasteiger partial charge on any atom is -0.489 e. The number of hydrogen-bond acceptors (Lipinski definition) is 3. The van der Waals surface area contributed by atoms with Crippen LogP contribution in [0.2, 0.25) is 0 Å². The van der Waals surface area contributed by atoms with Gasteiger partial charge in [0.2, 0.25) is 0 Å². The summed E-state index contributed by atoms with van der Waals surface area (Å²) in [4.78, 5) is 11.7. The molecule has 0 radical (unpaired) electrons. The van der Waals surface area contributed by atoms with Crippen molar-refractivity contribution < 1.29 is 14.3 Å². The molecule has 3 nitrogen and oxygen atoms in total. The molecule has 1 fully saturated rings. The summed E-state index contributed by atoms with van der Waals surface area (Å²) in [6, 6.07) is 27.5. The maximum Gasteiger partial charge on any atom is 0.302 e. The van der Waals surface area contributed by atoms with Gasteiger partial charge in [-0.25, -0.2) is 0 Å². The maximum atomic E-state index is 11.7. The standard InChI is InChI=1S/C29H28O3/c1-20(30)32-29-17-9-7-15-26(29)25-14-6-8-16-28(25)31-19-27-23-12-4-2-10-21(23)18-22-11-3-5-13-24(22)27/h2-6,8,10-14,16,18,26,29H,7,9,15,17,19H2,1H3. The second-order valence-corrected chi connectivity index (χ2v) is 8.66. The van der Waals surface area contributed by atoms with Crippen LogP contribution < -0.4 is 4.74 Å². The van der Waals surface area contributed by atoms with Gasteiger partial charge in [0, 0.05) is 24.0 Å². The summed E-state index contributed by atoms with van der Waals surface area (Å²) >= 11 is 0. The van der Waals surface area contributed by atoms with Crippen LogP contribution in [0.3, 0.4) is 0 Å². The molecule has 5 rings (SSSR count). The normalized spacial score (nSPS) is 18.5. The number of benzene rings is 4. The Morgan fingerprint density at radius 3 is 2.19 bits per heavy atom. The van der Waals surface area contributed by atoms with Gasteiger partial charge in [0.15, 0.2) is 0 Å². The average Bonchev–Trinajstić information content (AvgIpc) is 2.82. The lowest BCUT2D eigenvalue weighted by atomic mass is 9.81. The van der Waals surface area contributed by atoms with Crippen LogP contribution in [0.25, 0.3) is 21.5 Å². The average molecular weight is 425 g/mol. The number of hydrogen-bond donors (Lipinski definition) is 0. The van der Waals surface area contributed by atoms with Crippen LogP contribution in [0.4, 0.5) is 0 Å². The van der Waals surface area contributed by atoms with Crippen LogP contribution in [-0.2, 0) is 16.1 Å². The fraction of sp³-hybridized carbons (Fsp3) is 0.276. The molecule has 0 aromatic heterocycles. The molecule has 2 atom stereocenters. The van der Waals surface area contributed by atoms with Gasteiger partial charge in [0.05, 0.1) is 0 Å². The van der Waals surface area contributed by atoms with E-state index in [-0.39, 0.29) is 18.0 Å². The van der Waals surface area contributed by atoms with E-state index in [9.17, 15) is 4.79 Å². The monoisotopic (exact) mass is 424 g/mol. The molecule has 0 N–H and O–H groups in total. The minimum atomic E-state index is -0.206. The summed E-state index contributed by atoms with van der Waals surface area (Å²) in [5, 5.41) is 4.89. The van der Waals surface area contributed by atoms with Crippen molar-refractivity contribution in [3.8, 4) is 5.75 Å². The van der Waals surface area contributed by atoms with Gasteiger partial charge in [0.1, 0.15) is 18.5 Å². The maximum absolute atomic E-state index is 11.7. The summed E-state index contributed by atoms with van der Waals surface area (Å²) in [6.45, 7) is 1.99. The fourth-order valence-corrected chi connectivity index (χ4v) is 5.14. The zero-order valence-corrected chi connectivity index (χ0v) is 18.4. The highest BCUT2D eigenvalue weighted by molar-refractivity contribution is 6.02. The predicted octanol–water partition coefficient (Wildman–Crippen LogP) is 7.16. The van der Waals surface area contributed by atoms with Crippen molar-refractivity contribution in [1.29, 1.82) is 0 Å². The number of para-hydroxylation sites is 1. The van der Waals surface area contributed by atoms with E-state index in [1.54, 1.807) is 0 Å². The van der Waals surface area contributed by atoms with Gasteiger partial charge in [0.25, 0.3) is 0 Å². The van der Waals surface area contributed by atoms with Crippen LogP contribution in [0.15, 0.2) is 78.9 Å². The molecule has 0 saturated heterocycles. The molecule has 32 heavy (non-hydrogen) atoms. The van der Waals surface area contributed by atoms with Crippen LogP contribution in [0.5, 0.6) is 5.75 Å². The van der Waals surface area contributed by atoms with E-state index >= 15 is 0 Å². The molecule has 4 aromatic carbocycles. The third-order valence-electron chi connectivity index (χ3n) is 6.59. The molecule has 0 spiro atoms. The molecule has 162 valence electrons. The summed E-state index contributed by atoms with van der Waals surface area (Å²) in [6.07, 6.45) is 4.08. The van der Waals surface area contributed by atoms with E-state index in [0.717, 1.165) is 37.0 Å². The van der Waals surface area contributed by atoms with Crippen LogP contribution in [0.1, 0.15) is 49.7 Å². The third-order valence-corrected chi connectivity index (χ3v) is 6.59. The molecule has 0 amide bonds. The Morgan fingerprint density at radius 1 is 0.844 bits per heavy atom. The van der Waals surface area contributed by atoms with Gasteiger partial charge in [-0.05, 0) is 52.9 Å². The molecule has 1 aliphatic carbocycles. The molecular formula is C29H28O3. The van der Waals surface area contributed by atoms with E-state index in [2.05, 4.69) is 66.7 Å². The highest BCUT2D eigenvalue weighted by atomic mass is 16.5. The van der Waals surface area contributed by atoms with Crippen molar-refractivity contribution in [2.75, 3.05) is 0 Å². The number of ether oxygens (including phenoxy) is 2. The van der Waals surface area contributed by atoms with Gasteiger partial charge < -0.3 is 9.47 Å². The van der Waals surface area contributed by atoms with Gasteiger partial charge in [-0.2, -0.15) is 0 Å². The van der Waals surface area contributed by atoms with E-state index in [0.29, 0.717) is 6.61 Å². The van der Waals surface area contributed by atoms with Crippen molar-refractivity contribution in [1.82, 2.24) is 0 Å². The number of carbonyl (C=O) groups is 1. The molecule has 3 heteroatoms. The first kappa shape index (κ1) is 20.6. The molecule has 0 aliphatic heterocycles. The lowest BCUT2D eigenvalue weighted by Gasteiger charge is -2.32. The molecular weight excluding hydrogens is 396 g/mol. The summed E-state index contributed by atoms with van der Waals surface area (Å²) in [5.74, 6) is 0.851. The van der Waals surface area contributed by atoms with E-state index in [4.69, 9.17) is 9.47 Å². The van der Waals surface area contributed by atoms with Crippen molar-refractivity contribution in [2.24, 2.45) is 0 Å². The smallest absolute Gasteiger partial charge is 0.302 e. The van der Waals surface area contributed by atoms with Gasteiger partial charge in [-0.3, -0.25) is 4.79 Å². The third kappa shape index (κ3) is 4.08. The Bertz CT molecular complexity index is 1210. The summed E-state index contributed by atoms with van der Waals surface area (Å²) in [7, 11) is 0. The first-order valence-electron chi connectivity index (χ1n) is 11.5. The largest absolute Gasteiger partial charge is 0.489 e. The minimum absolute atomic E-state index is 0.0793. The van der Waals surface area contributed by atoms with Crippen LogP contribution >= 0.6 is 0 Å². The number of carbonyl (C=O) groups excluding carboxylic acids is 1. The van der Waals surface area contributed by atoms with Crippen molar-refractivity contribution in [3.63, 3.8) is 0 Å². The highest BCUT2D eigenvalue weighted by Gasteiger charge is 2.31. The van der Waals surface area contributed by atoms with Gasteiger partial charge in [-0.15, -0.1) is 0 Å². The zero-order valence-electron chi connectivity index (χ0n) is 18.4. The second kappa shape index (κ2) is 9.04. The van der Waals surface area contributed by atoms with E-state index < -0.39 is 0 Å². The molecule has 4 aromatic rings. The Balaban J connectivity index is 1.50. The summed E-state index contributed by atoms with van der Waals surface area (Å²) in [5.41, 5.74) is 2.34. The highest BCUT2D eigenvalue weighted by Crippen LogP contribution is 2.40. The molecule has 2 unspecified atom stereocenters. The number of rotatable bonds is 5. The van der Waals surface area contributed by atoms with E-state index in [1.807, 2.05) is 12.1 Å². The predicted molar refractivity (Wildman–Crippen MR) is 129 cm³/mol. The Morgan fingerprint density at radius 2 is 1.47 bits per heavy atom. The first-order valence-corrected chi connectivity index (χ1v) is 11.5. The Labute approximate surface area is 189 Å². The first-order chi connectivity index (χ1) is 15.7. The molecule has 0 bridgehead atoms. The SMILES string of the molecule is CC(=O)OC1CCCCC1c1ccccc1OCc1c2ccccc2cc2ccccc12. The lowest BCUT2D eigenvalue weighted by molar-refractivity contribution is -0.148. The Hall–Kier alpha value is -3.33. The zero-order chi connectivity index (χ0) is 21.9. The second-order valence-electron chi connectivity index (χ2n) is 8.66. The van der Waals surface area contributed by atoms with Gasteiger partial charge in [-0.1, -0.05) is 73.2 Å². The quantitative estimate of drug-likeness (QED) is 0.252. The van der Waals surface area contributed by atoms with Crippen LogP contribution in [-0.4, -0.2) is 12.1 Å². The lowest BCUT2D eigenvalue weighted by Crippen LogP contribution is -2.28. The van der Waals surface area contributed by atoms with Crippen molar-refractivity contribution in [2.45, 2.75) is 51.2 Å². The fourth-order valence-electron chi connectivity index (χ4n) is 5.14. The Kier molecular flexibility index (Phi) is 5.81. The number of fused-ring (bicyclic) bond motifs is 2. The summed E-state index contributed by atoms with van der Waals surface area (Å²) < 4.78 is 12.2. The topological polar surface area (TPSA) is 35.5 Å². The van der Waals surface area contributed by atoms with Crippen molar-refractivity contribution >= 4 is 27.5 Å². The van der Waals surface area contributed by atoms with Gasteiger partial charge >= 0.3 is 5.97 Å².